The van der Waals surface area contributed by atoms with Crippen LogP contribution in [-0.2, 0) is 4.74 Å². The molecule has 0 bridgehead atoms. The van der Waals surface area contributed by atoms with Crippen LogP contribution in [0.4, 0.5) is 0 Å². The number of benzene rings is 1. The van der Waals surface area contributed by atoms with Crippen molar-refractivity contribution in [3.8, 4) is 5.75 Å². The van der Waals surface area contributed by atoms with Gasteiger partial charge in [-0.15, -0.1) is 0 Å². The molecule has 0 aromatic heterocycles. The van der Waals surface area contributed by atoms with E-state index in [9.17, 15) is 9.90 Å². The van der Waals surface area contributed by atoms with Crippen LogP contribution in [0.2, 0.25) is 0 Å². The molecule has 1 aromatic rings. The summed E-state index contributed by atoms with van der Waals surface area (Å²) in [5.74, 6) is 1.43. The summed E-state index contributed by atoms with van der Waals surface area (Å²) in [5, 5.41) is 10.2. The molecule has 6 heteroatoms. The molecule has 2 fully saturated rings. The molecular formula is C22H34N2O4. The zero-order chi connectivity index (χ0) is 20.1. The Morgan fingerprint density at radius 1 is 1.25 bits per heavy atom. The molecule has 1 amide bonds. The van der Waals surface area contributed by atoms with Gasteiger partial charge >= 0.3 is 0 Å². The Hall–Kier alpha value is -1.63. The predicted molar refractivity (Wildman–Crippen MR) is 109 cm³/mol. The van der Waals surface area contributed by atoms with E-state index in [-0.39, 0.29) is 24.5 Å². The lowest BCUT2D eigenvalue weighted by atomic mass is 9.88. The predicted octanol–water partition coefficient (Wildman–Crippen LogP) is 2.27. The second kappa shape index (κ2) is 9.72. The van der Waals surface area contributed by atoms with Crippen molar-refractivity contribution >= 4 is 5.91 Å². The Morgan fingerprint density at radius 3 is 2.61 bits per heavy atom. The average Bonchev–Trinajstić information content (AvgIpc) is 3.32. The Morgan fingerprint density at radius 2 is 2.00 bits per heavy atom. The van der Waals surface area contributed by atoms with Crippen molar-refractivity contribution in [3.63, 3.8) is 0 Å². The number of aliphatic hydroxyl groups is 1. The maximum atomic E-state index is 13.2. The van der Waals surface area contributed by atoms with Crippen molar-refractivity contribution in [1.29, 1.82) is 0 Å². The molecule has 0 saturated carbocycles. The zero-order valence-electron chi connectivity index (χ0n) is 17.3. The van der Waals surface area contributed by atoms with Gasteiger partial charge in [0.25, 0.3) is 5.91 Å². The summed E-state index contributed by atoms with van der Waals surface area (Å²) in [6.07, 6.45) is 3.36. The third kappa shape index (κ3) is 4.34. The number of rotatable bonds is 8. The van der Waals surface area contributed by atoms with Crippen LogP contribution in [-0.4, -0.2) is 80.0 Å². The summed E-state index contributed by atoms with van der Waals surface area (Å²) in [6, 6.07) is 7.55. The molecule has 3 rings (SSSR count). The molecule has 1 N–H and O–H groups in total. The normalized spacial score (nSPS) is 28.1. The molecule has 0 radical (unpaired) electrons. The molecule has 4 atom stereocenters. The number of likely N-dealkylation sites (tertiary alicyclic amines) is 2. The number of ether oxygens (including phenoxy) is 2. The van der Waals surface area contributed by atoms with Gasteiger partial charge in [0.1, 0.15) is 5.75 Å². The Kier molecular flexibility index (Phi) is 7.32. The Balaban J connectivity index is 1.75. The summed E-state index contributed by atoms with van der Waals surface area (Å²) < 4.78 is 10.6. The van der Waals surface area contributed by atoms with E-state index in [0.717, 1.165) is 38.3 Å². The van der Waals surface area contributed by atoms with E-state index in [1.165, 1.54) is 6.42 Å². The minimum Gasteiger partial charge on any atom is -0.497 e. The lowest BCUT2D eigenvalue weighted by Gasteiger charge is -2.32. The second-order valence-corrected chi connectivity index (χ2v) is 8.01. The number of carbonyl (C=O) groups excluding carboxylic acids is 1. The van der Waals surface area contributed by atoms with Crippen molar-refractivity contribution in [2.45, 2.75) is 38.3 Å². The monoisotopic (exact) mass is 390 g/mol. The second-order valence-electron chi connectivity index (χ2n) is 8.01. The molecule has 0 unspecified atom stereocenters. The van der Waals surface area contributed by atoms with Gasteiger partial charge in [0.15, 0.2) is 0 Å². The van der Waals surface area contributed by atoms with Crippen molar-refractivity contribution in [1.82, 2.24) is 9.80 Å². The van der Waals surface area contributed by atoms with Crippen LogP contribution in [0.25, 0.3) is 0 Å². The van der Waals surface area contributed by atoms with Gasteiger partial charge in [0.05, 0.1) is 26.4 Å². The van der Waals surface area contributed by atoms with Gasteiger partial charge < -0.3 is 19.5 Å². The highest BCUT2D eigenvalue weighted by Gasteiger charge is 2.44. The first-order chi connectivity index (χ1) is 13.6. The molecule has 2 saturated heterocycles. The van der Waals surface area contributed by atoms with Gasteiger partial charge in [-0.05, 0) is 55.5 Å². The largest absolute Gasteiger partial charge is 0.497 e. The highest BCUT2D eigenvalue weighted by atomic mass is 16.5. The third-order valence-electron chi connectivity index (χ3n) is 6.54. The molecule has 28 heavy (non-hydrogen) atoms. The Bertz CT molecular complexity index is 636. The number of nitrogens with zero attached hydrogens (tertiary/aromatic N) is 2. The van der Waals surface area contributed by atoms with Crippen LogP contribution in [0.15, 0.2) is 24.3 Å². The minimum absolute atomic E-state index is 0.00230. The summed E-state index contributed by atoms with van der Waals surface area (Å²) >= 11 is 0. The van der Waals surface area contributed by atoms with E-state index < -0.39 is 0 Å². The van der Waals surface area contributed by atoms with Crippen LogP contribution < -0.4 is 4.74 Å². The number of hydrogen-bond acceptors (Lipinski definition) is 5. The molecule has 2 aliphatic rings. The van der Waals surface area contributed by atoms with Gasteiger partial charge in [-0.25, -0.2) is 0 Å². The van der Waals surface area contributed by atoms with Crippen LogP contribution in [0, 0.1) is 11.8 Å². The smallest absolute Gasteiger partial charge is 0.254 e. The third-order valence-corrected chi connectivity index (χ3v) is 6.54. The number of amides is 1. The van der Waals surface area contributed by atoms with E-state index in [0.29, 0.717) is 24.1 Å². The number of aliphatic hydroxyl groups excluding tert-OH is 1. The number of methoxy groups -OCH3 is 2. The fraction of sp³-hybridized carbons (Fsp3) is 0.682. The molecule has 156 valence electrons. The van der Waals surface area contributed by atoms with Crippen LogP contribution in [0.5, 0.6) is 5.75 Å². The zero-order valence-corrected chi connectivity index (χ0v) is 17.3. The van der Waals surface area contributed by atoms with Crippen molar-refractivity contribution in [3.05, 3.63) is 29.8 Å². The fourth-order valence-corrected chi connectivity index (χ4v) is 4.93. The summed E-state index contributed by atoms with van der Waals surface area (Å²) in [6.45, 7) is 5.65. The fourth-order valence-electron chi connectivity index (χ4n) is 4.93. The van der Waals surface area contributed by atoms with Crippen molar-refractivity contribution < 1.29 is 19.4 Å². The van der Waals surface area contributed by atoms with Gasteiger partial charge in [0, 0.05) is 31.8 Å². The lowest BCUT2D eigenvalue weighted by molar-refractivity contribution is 0.0578. The lowest BCUT2D eigenvalue weighted by Crippen LogP contribution is -2.45. The van der Waals surface area contributed by atoms with E-state index in [1.54, 1.807) is 26.4 Å². The van der Waals surface area contributed by atoms with E-state index >= 15 is 0 Å². The molecule has 0 aliphatic carbocycles. The van der Waals surface area contributed by atoms with Gasteiger partial charge in [0.2, 0.25) is 0 Å². The van der Waals surface area contributed by atoms with Gasteiger partial charge in [-0.2, -0.15) is 0 Å². The summed E-state index contributed by atoms with van der Waals surface area (Å²) in [7, 11) is 3.37. The SMILES string of the molecule is CC[C@@H]1CN(C(=O)c2ccc(OC)cc2)[C@H](CO)[C@@H]1CN1CCC[C@@H]1COC. The molecule has 2 aliphatic heterocycles. The van der Waals surface area contributed by atoms with Crippen LogP contribution in [0.1, 0.15) is 36.5 Å². The summed E-state index contributed by atoms with van der Waals surface area (Å²) in [4.78, 5) is 17.6. The average molecular weight is 391 g/mol. The molecule has 0 spiro atoms. The van der Waals surface area contributed by atoms with E-state index in [4.69, 9.17) is 9.47 Å². The van der Waals surface area contributed by atoms with Crippen molar-refractivity contribution in [2.24, 2.45) is 11.8 Å². The first-order valence-corrected chi connectivity index (χ1v) is 10.4. The van der Waals surface area contributed by atoms with E-state index in [1.807, 2.05) is 17.0 Å². The quantitative estimate of drug-likeness (QED) is 0.738. The number of carbonyl (C=O) groups is 1. The summed E-state index contributed by atoms with van der Waals surface area (Å²) in [5.41, 5.74) is 0.646. The van der Waals surface area contributed by atoms with Gasteiger partial charge in [-0.3, -0.25) is 9.69 Å². The first kappa shape index (κ1) is 21.1. The standard InChI is InChI=1S/C22H34N2O4/c1-4-16-12-24(22(26)17-7-9-19(28-3)10-8-17)21(14-25)20(16)13-23-11-5-6-18(23)15-27-2/h7-10,16,18,20-21,25H,4-6,11-15H2,1-3H3/t16-,18-,20-,21-/m1/s1. The molecule has 6 nitrogen and oxygen atoms in total. The van der Waals surface area contributed by atoms with E-state index in [2.05, 4.69) is 11.8 Å². The first-order valence-electron chi connectivity index (χ1n) is 10.4. The van der Waals surface area contributed by atoms with Crippen LogP contribution >= 0.6 is 0 Å². The highest BCUT2D eigenvalue weighted by Crippen LogP contribution is 2.35. The molecular weight excluding hydrogens is 356 g/mol. The van der Waals surface area contributed by atoms with Crippen molar-refractivity contribution in [2.75, 3.05) is 47.1 Å². The van der Waals surface area contributed by atoms with Gasteiger partial charge in [-0.1, -0.05) is 13.3 Å². The molecule has 2 heterocycles. The number of hydrogen-bond donors (Lipinski definition) is 1. The maximum Gasteiger partial charge on any atom is 0.254 e. The minimum atomic E-state index is -0.136. The molecule has 1 aromatic carbocycles. The Labute approximate surface area is 168 Å². The maximum absolute atomic E-state index is 13.2. The topological polar surface area (TPSA) is 62.2 Å². The van der Waals surface area contributed by atoms with Crippen LogP contribution in [0.3, 0.4) is 0 Å². The highest BCUT2D eigenvalue weighted by molar-refractivity contribution is 5.94.